The van der Waals surface area contributed by atoms with Crippen molar-refractivity contribution in [2.75, 3.05) is 23.9 Å². The molecule has 4 aliphatic heterocycles. The van der Waals surface area contributed by atoms with E-state index in [9.17, 15) is 14.4 Å². The minimum atomic E-state index is -1.11. The van der Waals surface area contributed by atoms with Gasteiger partial charge in [-0.05, 0) is 49.7 Å². The van der Waals surface area contributed by atoms with E-state index in [1.165, 1.54) is 4.90 Å². The van der Waals surface area contributed by atoms with Gasteiger partial charge in [0.05, 0.1) is 24.6 Å². The van der Waals surface area contributed by atoms with Crippen molar-refractivity contribution < 1.29 is 19.1 Å². The fraction of sp³-hybridized carbons (Fsp3) is 0.348. The number of amides is 3. The molecule has 2 aromatic carbocycles. The summed E-state index contributed by atoms with van der Waals surface area (Å²) < 4.78 is 5.20. The second kappa shape index (κ2) is 5.92. The number of carbonyl (C=O) groups excluding carboxylic acids is 3. The molecule has 4 unspecified atom stereocenters. The monoisotopic (exact) mass is 403 g/mol. The normalized spacial score (nSPS) is 31.8. The number of methoxy groups -OCH3 is 1. The molecule has 4 atom stereocenters. The van der Waals surface area contributed by atoms with Gasteiger partial charge in [0, 0.05) is 17.3 Å². The number of rotatable bonds is 2. The van der Waals surface area contributed by atoms with Crippen LogP contribution in [0.1, 0.15) is 18.4 Å². The molecular weight excluding hydrogens is 382 g/mol. The lowest BCUT2D eigenvalue weighted by Gasteiger charge is -2.36. The minimum Gasteiger partial charge on any atom is -0.497 e. The zero-order valence-corrected chi connectivity index (χ0v) is 16.5. The Bertz CT molecular complexity index is 1100. The highest BCUT2D eigenvalue weighted by molar-refractivity contribution is 6.25. The van der Waals surface area contributed by atoms with E-state index in [2.05, 4.69) is 10.2 Å². The second-order valence-electron chi connectivity index (χ2n) is 8.38. The Morgan fingerprint density at radius 1 is 1.03 bits per heavy atom. The molecule has 152 valence electrons. The summed E-state index contributed by atoms with van der Waals surface area (Å²) in [6, 6.07) is 14.3. The third-order valence-corrected chi connectivity index (χ3v) is 7.23. The molecule has 0 radical (unpaired) electrons. The predicted octanol–water partition coefficient (Wildman–Crippen LogP) is 2.13. The van der Waals surface area contributed by atoms with Crippen LogP contribution in [0.15, 0.2) is 48.5 Å². The SMILES string of the molecule is COc1ccc(N2C(=O)C3C4CCCN4C4(C(=O)Nc5ccccc54)C3C2=O)cc1. The average molecular weight is 403 g/mol. The minimum absolute atomic E-state index is 0.105. The molecule has 7 nitrogen and oxygen atoms in total. The number of hydrogen-bond acceptors (Lipinski definition) is 5. The average Bonchev–Trinajstić information content (AvgIpc) is 3.46. The van der Waals surface area contributed by atoms with E-state index in [-0.39, 0.29) is 23.8 Å². The summed E-state index contributed by atoms with van der Waals surface area (Å²) in [6.45, 7) is 0.711. The number of carbonyl (C=O) groups is 3. The highest BCUT2D eigenvalue weighted by Gasteiger charge is 2.74. The van der Waals surface area contributed by atoms with Crippen LogP contribution >= 0.6 is 0 Å². The van der Waals surface area contributed by atoms with E-state index in [0.29, 0.717) is 18.0 Å². The molecular formula is C23H21N3O4. The van der Waals surface area contributed by atoms with Crippen LogP contribution in [0.2, 0.25) is 0 Å². The Morgan fingerprint density at radius 2 is 1.80 bits per heavy atom. The van der Waals surface area contributed by atoms with Crippen LogP contribution in [0.5, 0.6) is 5.75 Å². The van der Waals surface area contributed by atoms with Crippen molar-refractivity contribution >= 4 is 29.1 Å². The van der Waals surface area contributed by atoms with E-state index in [0.717, 1.165) is 24.1 Å². The first-order chi connectivity index (χ1) is 14.6. The smallest absolute Gasteiger partial charge is 0.250 e. The van der Waals surface area contributed by atoms with E-state index < -0.39 is 17.4 Å². The molecule has 30 heavy (non-hydrogen) atoms. The van der Waals surface area contributed by atoms with Gasteiger partial charge in [0.25, 0.3) is 0 Å². The van der Waals surface area contributed by atoms with Crippen molar-refractivity contribution in [2.45, 2.75) is 24.4 Å². The van der Waals surface area contributed by atoms with Crippen LogP contribution in [-0.4, -0.2) is 42.3 Å². The third kappa shape index (κ3) is 1.91. The van der Waals surface area contributed by atoms with E-state index >= 15 is 0 Å². The van der Waals surface area contributed by atoms with Crippen molar-refractivity contribution in [3.8, 4) is 5.75 Å². The Morgan fingerprint density at radius 3 is 2.57 bits per heavy atom. The topological polar surface area (TPSA) is 79.0 Å². The van der Waals surface area contributed by atoms with Gasteiger partial charge in [0.1, 0.15) is 11.3 Å². The van der Waals surface area contributed by atoms with Gasteiger partial charge in [-0.25, -0.2) is 4.90 Å². The highest BCUT2D eigenvalue weighted by Crippen LogP contribution is 2.60. The van der Waals surface area contributed by atoms with Gasteiger partial charge in [-0.15, -0.1) is 0 Å². The van der Waals surface area contributed by atoms with Crippen molar-refractivity contribution in [1.29, 1.82) is 0 Å². The molecule has 0 aromatic heterocycles. The quantitative estimate of drug-likeness (QED) is 0.778. The number of imide groups is 1. The van der Waals surface area contributed by atoms with Crippen molar-refractivity contribution in [2.24, 2.45) is 11.8 Å². The number of fused-ring (bicyclic) bond motifs is 7. The lowest BCUT2D eigenvalue weighted by molar-refractivity contribution is -0.135. The first-order valence-corrected chi connectivity index (χ1v) is 10.3. The fourth-order valence-electron chi connectivity index (χ4n) is 6.14. The van der Waals surface area contributed by atoms with Gasteiger partial charge in [-0.2, -0.15) is 0 Å². The van der Waals surface area contributed by atoms with Crippen molar-refractivity contribution in [3.05, 3.63) is 54.1 Å². The molecule has 3 fully saturated rings. The summed E-state index contributed by atoms with van der Waals surface area (Å²) in [6.07, 6.45) is 1.73. The molecule has 3 saturated heterocycles. The maximum absolute atomic E-state index is 13.8. The molecule has 1 spiro atoms. The highest BCUT2D eigenvalue weighted by atomic mass is 16.5. The third-order valence-electron chi connectivity index (χ3n) is 7.23. The molecule has 3 amide bonds. The Hall–Kier alpha value is -3.19. The summed E-state index contributed by atoms with van der Waals surface area (Å²) in [5, 5.41) is 2.98. The van der Waals surface area contributed by atoms with Crippen LogP contribution in [0.25, 0.3) is 0 Å². The summed E-state index contributed by atoms with van der Waals surface area (Å²) in [7, 11) is 1.57. The standard InChI is InChI=1S/C23H21N3O4/c1-30-14-10-8-13(9-11-14)26-20(27)18-17-7-4-12-25(17)23(19(18)21(26)28)15-5-2-3-6-16(15)24-22(23)29/h2-3,5-6,8-11,17-19H,4,7,12H2,1H3,(H,24,29). The first-order valence-electron chi connectivity index (χ1n) is 10.3. The predicted molar refractivity (Wildman–Crippen MR) is 109 cm³/mol. The zero-order chi connectivity index (χ0) is 20.6. The van der Waals surface area contributed by atoms with Gasteiger partial charge in [-0.3, -0.25) is 19.3 Å². The molecule has 6 rings (SSSR count). The maximum atomic E-state index is 13.8. The van der Waals surface area contributed by atoms with Gasteiger partial charge in [0.15, 0.2) is 0 Å². The summed E-state index contributed by atoms with van der Waals surface area (Å²) in [5.41, 5.74) is 0.951. The Balaban J connectivity index is 1.52. The number of nitrogens with zero attached hydrogens (tertiary/aromatic N) is 2. The number of hydrogen-bond donors (Lipinski definition) is 1. The molecule has 7 heteroatoms. The Kier molecular flexibility index (Phi) is 3.48. The van der Waals surface area contributed by atoms with Crippen LogP contribution in [0, 0.1) is 11.8 Å². The van der Waals surface area contributed by atoms with Crippen LogP contribution < -0.4 is 15.0 Å². The number of benzene rings is 2. The van der Waals surface area contributed by atoms with E-state index in [1.807, 2.05) is 24.3 Å². The van der Waals surface area contributed by atoms with Gasteiger partial charge < -0.3 is 10.1 Å². The largest absolute Gasteiger partial charge is 0.497 e. The molecule has 0 aliphatic carbocycles. The van der Waals surface area contributed by atoms with Crippen molar-refractivity contribution in [3.63, 3.8) is 0 Å². The molecule has 0 saturated carbocycles. The molecule has 4 heterocycles. The number of para-hydroxylation sites is 1. The van der Waals surface area contributed by atoms with E-state index in [1.54, 1.807) is 31.4 Å². The van der Waals surface area contributed by atoms with Crippen molar-refractivity contribution in [1.82, 2.24) is 4.90 Å². The van der Waals surface area contributed by atoms with E-state index in [4.69, 9.17) is 4.74 Å². The lowest BCUT2D eigenvalue weighted by atomic mass is 9.75. The molecule has 0 bridgehead atoms. The van der Waals surface area contributed by atoms with Gasteiger partial charge >= 0.3 is 0 Å². The number of ether oxygens (including phenoxy) is 1. The Labute approximate surface area is 173 Å². The number of nitrogens with one attached hydrogen (secondary N) is 1. The first kappa shape index (κ1) is 17.7. The maximum Gasteiger partial charge on any atom is 0.250 e. The zero-order valence-electron chi connectivity index (χ0n) is 16.5. The molecule has 1 N–H and O–H groups in total. The van der Waals surface area contributed by atoms with Crippen LogP contribution in [-0.2, 0) is 19.9 Å². The summed E-state index contributed by atoms with van der Waals surface area (Å²) in [5.74, 6) is -1.28. The summed E-state index contributed by atoms with van der Waals surface area (Å²) in [4.78, 5) is 44.2. The number of anilines is 2. The van der Waals surface area contributed by atoms with Crippen LogP contribution in [0.3, 0.4) is 0 Å². The lowest BCUT2D eigenvalue weighted by Crippen LogP contribution is -2.54. The van der Waals surface area contributed by atoms with Gasteiger partial charge in [0.2, 0.25) is 17.7 Å². The fourth-order valence-corrected chi connectivity index (χ4v) is 6.14. The van der Waals surface area contributed by atoms with Gasteiger partial charge in [-0.1, -0.05) is 18.2 Å². The summed E-state index contributed by atoms with van der Waals surface area (Å²) >= 11 is 0. The van der Waals surface area contributed by atoms with Crippen LogP contribution in [0.4, 0.5) is 11.4 Å². The second-order valence-corrected chi connectivity index (χ2v) is 8.38. The molecule has 4 aliphatic rings. The molecule has 2 aromatic rings.